The average Bonchev–Trinajstić information content (AvgIpc) is 2.36. The quantitative estimate of drug-likeness (QED) is 0.368. The van der Waals surface area contributed by atoms with Crippen molar-refractivity contribution in [3.05, 3.63) is 31.8 Å². The summed E-state index contributed by atoms with van der Waals surface area (Å²) in [5.41, 5.74) is 7.76. The number of rotatable bonds is 3. The fraction of sp³-hybridized carbons (Fsp3) is 0.222. The summed E-state index contributed by atoms with van der Waals surface area (Å²) in [5.74, 6) is -2.13. The van der Waals surface area contributed by atoms with Crippen molar-refractivity contribution in [3.63, 3.8) is 0 Å². The number of nitrogens with zero attached hydrogens (tertiary/aromatic N) is 3. The molecule has 9 heteroatoms. The molecule has 0 bridgehead atoms. The van der Waals surface area contributed by atoms with Crippen LogP contribution in [0.4, 0.5) is 0 Å². The highest BCUT2D eigenvalue weighted by Crippen LogP contribution is 2.27. The Morgan fingerprint density at radius 2 is 1.89 bits per heavy atom. The average molecular weight is 289 g/mol. The van der Waals surface area contributed by atoms with Gasteiger partial charge in [-0.05, 0) is 12.5 Å². The normalized spacial score (nSPS) is 15.7. The van der Waals surface area contributed by atoms with Crippen molar-refractivity contribution >= 4 is 40.7 Å². The molecule has 0 radical (unpaired) electrons. The van der Waals surface area contributed by atoms with Gasteiger partial charge in [-0.2, -0.15) is 0 Å². The minimum Gasteiger partial charge on any atom is -0.322 e. The van der Waals surface area contributed by atoms with Crippen LogP contribution in [-0.2, 0) is 14.4 Å². The van der Waals surface area contributed by atoms with Gasteiger partial charge in [0.15, 0.2) is 0 Å². The lowest BCUT2D eigenvalue weighted by Crippen LogP contribution is -2.33. The van der Waals surface area contributed by atoms with E-state index in [0.717, 1.165) is 0 Å². The molecule has 0 heterocycles. The van der Waals surface area contributed by atoms with Gasteiger partial charge >= 0.3 is 0 Å². The van der Waals surface area contributed by atoms with Crippen LogP contribution in [0.25, 0.3) is 10.4 Å². The summed E-state index contributed by atoms with van der Waals surface area (Å²) >= 11 is 11.1. The van der Waals surface area contributed by atoms with Crippen molar-refractivity contribution in [2.45, 2.75) is 6.92 Å². The maximum Gasteiger partial charge on any atom is 0.230 e. The number of carbonyl (C=O) groups is 3. The van der Waals surface area contributed by atoms with Crippen molar-refractivity contribution in [1.82, 2.24) is 5.32 Å². The third-order valence-corrected chi connectivity index (χ3v) is 2.89. The van der Waals surface area contributed by atoms with Crippen molar-refractivity contribution in [1.29, 1.82) is 0 Å². The van der Waals surface area contributed by atoms with E-state index in [2.05, 4.69) is 15.3 Å². The number of allylic oxidation sites excluding steroid dienone is 3. The summed E-state index contributed by atoms with van der Waals surface area (Å²) in [6.07, 6.45) is 0. The second-order valence-electron chi connectivity index (χ2n) is 3.22. The molecule has 1 amide bonds. The summed E-state index contributed by atoms with van der Waals surface area (Å²) in [7, 11) is 0. The fourth-order valence-corrected chi connectivity index (χ4v) is 1.59. The molecule has 1 rings (SSSR count). The number of ketones is 2. The number of halogens is 2. The first-order valence-electron chi connectivity index (χ1n) is 4.56. The van der Waals surface area contributed by atoms with Crippen molar-refractivity contribution < 1.29 is 14.4 Å². The van der Waals surface area contributed by atoms with E-state index in [0.29, 0.717) is 0 Å². The number of Topliss-reactive ketones (excluding diaryl/α,β-unsaturated/α-hetero) is 2. The number of hydrogen-bond acceptors (Lipinski definition) is 4. The largest absolute Gasteiger partial charge is 0.322 e. The van der Waals surface area contributed by atoms with Crippen LogP contribution in [0.15, 0.2) is 26.4 Å². The molecule has 1 aliphatic carbocycles. The second kappa shape index (κ2) is 5.68. The van der Waals surface area contributed by atoms with Crippen LogP contribution in [0.5, 0.6) is 0 Å². The molecule has 1 aliphatic rings. The first-order chi connectivity index (χ1) is 8.40. The lowest BCUT2D eigenvalue weighted by molar-refractivity contribution is -0.121. The smallest absolute Gasteiger partial charge is 0.230 e. The molecule has 0 saturated carbocycles. The Hall–Kier alpha value is -1.82. The van der Waals surface area contributed by atoms with Gasteiger partial charge in [-0.1, -0.05) is 28.3 Å². The fourth-order valence-electron chi connectivity index (χ4n) is 1.18. The molecule has 1 N–H and O–H groups in total. The number of amides is 1. The van der Waals surface area contributed by atoms with E-state index >= 15 is 0 Å². The third kappa shape index (κ3) is 2.70. The van der Waals surface area contributed by atoms with E-state index < -0.39 is 29.1 Å². The van der Waals surface area contributed by atoms with Crippen LogP contribution in [0.1, 0.15) is 6.92 Å². The Labute approximate surface area is 111 Å². The molecule has 0 aromatic carbocycles. The van der Waals surface area contributed by atoms with Gasteiger partial charge in [0, 0.05) is 10.5 Å². The molecular formula is C9H6Cl2N4O3. The zero-order valence-electron chi connectivity index (χ0n) is 9.03. The van der Waals surface area contributed by atoms with Gasteiger partial charge in [-0.25, -0.2) is 0 Å². The maximum absolute atomic E-state index is 11.7. The lowest BCUT2D eigenvalue weighted by atomic mass is 10.0. The Morgan fingerprint density at radius 1 is 1.33 bits per heavy atom. The van der Waals surface area contributed by atoms with Crippen LogP contribution in [-0.4, -0.2) is 24.0 Å². The van der Waals surface area contributed by atoms with Crippen molar-refractivity contribution in [2.75, 3.05) is 6.54 Å². The van der Waals surface area contributed by atoms with Gasteiger partial charge in [0.2, 0.25) is 17.5 Å². The SMILES string of the molecule is CC1=C(NC(=O)CN=[N+]=[N-])C(=O)C(Cl)=C(Cl)C1=O. The minimum absolute atomic E-state index is 0.0244. The van der Waals surface area contributed by atoms with Crippen LogP contribution in [0.3, 0.4) is 0 Å². The summed E-state index contributed by atoms with van der Waals surface area (Å²) in [6, 6.07) is 0. The standard InChI is InChI=1S/C9H6Cl2N4O3/c1-3-7(14-4(16)2-13-15-12)9(18)6(11)5(10)8(3)17/h2H2,1H3,(H,14,16). The zero-order valence-corrected chi connectivity index (χ0v) is 10.5. The Bertz CT molecular complexity index is 558. The molecule has 0 aromatic heterocycles. The first kappa shape index (κ1) is 14.2. The lowest BCUT2D eigenvalue weighted by Gasteiger charge is -2.16. The number of nitrogens with one attached hydrogen (secondary N) is 1. The highest BCUT2D eigenvalue weighted by Gasteiger charge is 2.31. The van der Waals surface area contributed by atoms with E-state index in [-0.39, 0.29) is 16.3 Å². The van der Waals surface area contributed by atoms with Gasteiger partial charge in [0.05, 0.1) is 5.70 Å². The predicted octanol–water partition coefficient (Wildman–Crippen LogP) is 1.53. The zero-order chi connectivity index (χ0) is 13.9. The molecule has 0 unspecified atom stereocenters. The van der Waals surface area contributed by atoms with Crippen molar-refractivity contribution in [2.24, 2.45) is 5.11 Å². The van der Waals surface area contributed by atoms with Crippen LogP contribution < -0.4 is 5.32 Å². The molecule has 7 nitrogen and oxygen atoms in total. The minimum atomic E-state index is -0.756. The van der Waals surface area contributed by atoms with E-state index in [1.807, 2.05) is 0 Å². The number of hydrogen-bond donors (Lipinski definition) is 1. The molecule has 0 spiro atoms. The highest BCUT2D eigenvalue weighted by atomic mass is 35.5. The van der Waals surface area contributed by atoms with E-state index in [4.69, 9.17) is 28.7 Å². The van der Waals surface area contributed by atoms with Crippen molar-refractivity contribution in [3.8, 4) is 0 Å². The molecule has 0 atom stereocenters. The molecule has 18 heavy (non-hydrogen) atoms. The monoisotopic (exact) mass is 288 g/mol. The molecule has 0 aliphatic heterocycles. The molecule has 0 fully saturated rings. The maximum atomic E-state index is 11.7. The van der Waals surface area contributed by atoms with Gasteiger partial charge < -0.3 is 5.32 Å². The Kier molecular flexibility index (Phi) is 4.49. The van der Waals surface area contributed by atoms with Crippen LogP contribution >= 0.6 is 23.2 Å². The molecule has 0 aromatic rings. The highest BCUT2D eigenvalue weighted by molar-refractivity contribution is 6.58. The molecule has 0 saturated heterocycles. The number of azide groups is 1. The van der Waals surface area contributed by atoms with E-state index in [9.17, 15) is 14.4 Å². The number of carbonyl (C=O) groups excluding carboxylic acids is 3. The van der Waals surface area contributed by atoms with E-state index in [1.165, 1.54) is 6.92 Å². The summed E-state index contributed by atoms with van der Waals surface area (Å²) in [4.78, 5) is 36.9. The van der Waals surface area contributed by atoms with Crippen LogP contribution in [0.2, 0.25) is 0 Å². The van der Waals surface area contributed by atoms with Crippen LogP contribution in [0, 0.1) is 0 Å². The summed E-state index contributed by atoms with van der Waals surface area (Å²) < 4.78 is 0. The Morgan fingerprint density at radius 3 is 2.44 bits per heavy atom. The van der Waals surface area contributed by atoms with Gasteiger partial charge in [-0.15, -0.1) is 0 Å². The molecular weight excluding hydrogens is 283 g/mol. The topological polar surface area (TPSA) is 112 Å². The first-order valence-corrected chi connectivity index (χ1v) is 5.32. The molecule has 94 valence electrons. The van der Waals surface area contributed by atoms with Gasteiger partial charge in [-0.3, -0.25) is 14.4 Å². The predicted molar refractivity (Wildman–Crippen MR) is 63.6 cm³/mol. The summed E-state index contributed by atoms with van der Waals surface area (Å²) in [5, 5.41) is 4.35. The third-order valence-electron chi connectivity index (χ3n) is 2.08. The van der Waals surface area contributed by atoms with Gasteiger partial charge in [0.1, 0.15) is 16.6 Å². The Balaban J connectivity index is 3.02. The van der Waals surface area contributed by atoms with E-state index in [1.54, 1.807) is 0 Å². The van der Waals surface area contributed by atoms with Gasteiger partial charge in [0.25, 0.3) is 0 Å². The second-order valence-corrected chi connectivity index (χ2v) is 3.98. The summed E-state index contributed by atoms with van der Waals surface area (Å²) in [6.45, 7) is 0.832.